The number of carbonyl (C=O) groups excluding carboxylic acids is 1. The van der Waals surface area contributed by atoms with Gasteiger partial charge in [-0.2, -0.15) is 0 Å². The van der Waals surface area contributed by atoms with Crippen molar-refractivity contribution in [2.45, 2.75) is 25.7 Å². The molecule has 0 N–H and O–H groups in total. The van der Waals surface area contributed by atoms with E-state index in [9.17, 15) is 9.18 Å². The number of carbonyl (C=O) groups is 1. The highest BCUT2D eigenvalue weighted by Gasteiger charge is 2.14. The second-order valence-corrected chi connectivity index (χ2v) is 6.04. The van der Waals surface area contributed by atoms with Crippen molar-refractivity contribution >= 4 is 21.7 Å². The molecule has 2 aromatic rings. The minimum absolute atomic E-state index is 0.00909. The molecule has 3 rings (SSSR count). The van der Waals surface area contributed by atoms with Gasteiger partial charge < -0.3 is 0 Å². The fourth-order valence-corrected chi connectivity index (χ4v) is 3.30. The number of hydrogen-bond acceptors (Lipinski definition) is 1. The van der Waals surface area contributed by atoms with Crippen molar-refractivity contribution in [1.82, 2.24) is 0 Å². The third-order valence-corrected chi connectivity index (χ3v) is 4.42. The SMILES string of the molecule is O=C(Cc1ccc2c(c1)CCC2)c1ccc(F)cc1Br. The van der Waals surface area contributed by atoms with Crippen LogP contribution in [0.1, 0.15) is 33.5 Å². The van der Waals surface area contributed by atoms with Crippen LogP contribution < -0.4 is 0 Å². The minimum Gasteiger partial charge on any atom is -0.294 e. The highest BCUT2D eigenvalue weighted by Crippen LogP contribution is 2.24. The summed E-state index contributed by atoms with van der Waals surface area (Å²) >= 11 is 3.25. The molecule has 0 bridgehead atoms. The molecular weight excluding hydrogens is 319 g/mol. The highest BCUT2D eigenvalue weighted by atomic mass is 79.9. The second kappa shape index (κ2) is 5.49. The Hall–Kier alpha value is -1.48. The summed E-state index contributed by atoms with van der Waals surface area (Å²) in [4.78, 5) is 12.3. The zero-order chi connectivity index (χ0) is 14.1. The van der Waals surface area contributed by atoms with E-state index in [4.69, 9.17) is 0 Å². The molecule has 0 aliphatic heterocycles. The van der Waals surface area contributed by atoms with Gasteiger partial charge in [-0.15, -0.1) is 0 Å². The molecule has 0 saturated heterocycles. The first-order valence-corrected chi connectivity index (χ1v) is 7.52. The van der Waals surface area contributed by atoms with E-state index in [2.05, 4.69) is 28.1 Å². The van der Waals surface area contributed by atoms with Gasteiger partial charge >= 0.3 is 0 Å². The van der Waals surface area contributed by atoms with Crippen LogP contribution in [-0.4, -0.2) is 5.78 Å². The molecule has 0 unspecified atom stereocenters. The van der Waals surface area contributed by atoms with Crippen LogP contribution in [0.4, 0.5) is 4.39 Å². The highest BCUT2D eigenvalue weighted by molar-refractivity contribution is 9.10. The average Bonchev–Trinajstić information content (AvgIpc) is 2.85. The molecule has 0 radical (unpaired) electrons. The Morgan fingerprint density at radius 2 is 1.90 bits per heavy atom. The lowest BCUT2D eigenvalue weighted by atomic mass is 9.99. The maximum absolute atomic E-state index is 13.0. The Bertz CT molecular complexity index is 679. The smallest absolute Gasteiger partial charge is 0.168 e. The van der Waals surface area contributed by atoms with Gasteiger partial charge in [-0.1, -0.05) is 18.2 Å². The zero-order valence-corrected chi connectivity index (χ0v) is 12.5. The van der Waals surface area contributed by atoms with Gasteiger partial charge in [0, 0.05) is 16.5 Å². The fraction of sp³-hybridized carbons (Fsp3) is 0.235. The molecule has 1 aliphatic carbocycles. The number of Topliss-reactive ketones (excluding diaryl/α,β-unsaturated/α-hetero) is 1. The van der Waals surface area contributed by atoms with Crippen molar-refractivity contribution in [3.8, 4) is 0 Å². The average molecular weight is 333 g/mol. The van der Waals surface area contributed by atoms with Crippen LogP contribution in [0.2, 0.25) is 0 Å². The lowest BCUT2D eigenvalue weighted by Crippen LogP contribution is -2.05. The largest absolute Gasteiger partial charge is 0.294 e. The van der Waals surface area contributed by atoms with Crippen LogP contribution in [0.15, 0.2) is 40.9 Å². The van der Waals surface area contributed by atoms with E-state index in [1.807, 2.05) is 6.07 Å². The Labute approximate surface area is 126 Å². The first kappa shape index (κ1) is 13.5. The summed E-state index contributed by atoms with van der Waals surface area (Å²) < 4.78 is 13.6. The molecule has 1 nitrogen and oxygen atoms in total. The first-order valence-electron chi connectivity index (χ1n) is 6.72. The van der Waals surface area contributed by atoms with Crippen LogP contribution in [0.25, 0.3) is 0 Å². The quantitative estimate of drug-likeness (QED) is 0.756. The molecule has 0 aromatic heterocycles. The third kappa shape index (κ3) is 2.68. The Balaban J connectivity index is 1.82. The van der Waals surface area contributed by atoms with E-state index in [-0.39, 0.29) is 11.6 Å². The van der Waals surface area contributed by atoms with Gasteiger partial charge in [0.2, 0.25) is 0 Å². The molecule has 0 heterocycles. The van der Waals surface area contributed by atoms with Crippen molar-refractivity contribution in [1.29, 1.82) is 0 Å². The van der Waals surface area contributed by atoms with Gasteiger partial charge in [0.15, 0.2) is 5.78 Å². The summed E-state index contributed by atoms with van der Waals surface area (Å²) in [6, 6.07) is 10.5. The summed E-state index contributed by atoms with van der Waals surface area (Å²) in [6.07, 6.45) is 3.82. The van der Waals surface area contributed by atoms with Crippen molar-refractivity contribution in [3.63, 3.8) is 0 Å². The third-order valence-electron chi connectivity index (χ3n) is 3.76. The van der Waals surface area contributed by atoms with Crippen LogP contribution >= 0.6 is 15.9 Å². The van der Waals surface area contributed by atoms with Crippen molar-refractivity contribution < 1.29 is 9.18 Å². The Morgan fingerprint density at radius 1 is 1.10 bits per heavy atom. The standard InChI is InChI=1S/C17H14BrFO/c18-16-10-14(19)6-7-15(16)17(20)9-11-4-5-12-2-1-3-13(12)8-11/h4-8,10H,1-3,9H2. The Morgan fingerprint density at radius 3 is 2.70 bits per heavy atom. The van der Waals surface area contributed by atoms with Crippen LogP contribution in [-0.2, 0) is 19.3 Å². The summed E-state index contributed by atoms with van der Waals surface area (Å²) in [6.45, 7) is 0. The number of ketones is 1. The van der Waals surface area contributed by atoms with Crippen LogP contribution in [0.3, 0.4) is 0 Å². The molecule has 3 heteroatoms. The van der Waals surface area contributed by atoms with E-state index in [1.165, 1.54) is 35.7 Å². The number of benzene rings is 2. The van der Waals surface area contributed by atoms with E-state index in [0.29, 0.717) is 16.5 Å². The number of aryl methyl sites for hydroxylation is 2. The maximum atomic E-state index is 13.0. The molecule has 1 aliphatic rings. The number of fused-ring (bicyclic) bond motifs is 1. The molecule has 0 saturated carbocycles. The van der Waals surface area contributed by atoms with E-state index in [0.717, 1.165) is 18.4 Å². The summed E-state index contributed by atoms with van der Waals surface area (Å²) in [7, 11) is 0. The minimum atomic E-state index is -0.342. The predicted molar refractivity (Wildman–Crippen MR) is 80.6 cm³/mol. The topological polar surface area (TPSA) is 17.1 Å². The predicted octanol–water partition coefficient (Wildman–Crippen LogP) is 4.50. The fourth-order valence-electron chi connectivity index (χ4n) is 2.73. The van der Waals surface area contributed by atoms with Gasteiger partial charge in [0.1, 0.15) is 5.82 Å². The summed E-state index contributed by atoms with van der Waals surface area (Å²) in [5, 5.41) is 0. The van der Waals surface area contributed by atoms with Crippen molar-refractivity contribution in [3.05, 3.63) is 68.9 Å². The zero-order valence-electron chi connectivity index (χ0n) is 11.0. The van der Waals surface area contributed by atoms with Crippen molar-refractivity contribution in [2.24, 2.45) is 0 Å². The Kier molecular flexibility index (Phi) is 3.70. The summed E-state index contributed by atoms with van der Waals surface area (Å²) in [5.74, 6) is -0.333. The van der Waals surface area contributed by atoms with Gasteiger partial charge in [0.25, 0.3) is 0 Å². The molecular formula is C17H14BrFO. The van der Waals surface area contributed by atoms with Gasteiger partial charge in [0.05, 0.1) is 0 Å². The number of rotatable bonds is 3. The number of halogens is 2. The molecule has 0 amide bonds. The first-order chi connectivity index (χ1) is 9.63. The maximum Gasteiger partial charge on any atom is 0.168 e. The van der Waals surface area contributed by atoms with Gasteiger partial charge in [-0.3, -0.25) is 4.79 Å². The van der Waals surface area contributed by atoms with Crippen LogP contribution in [0, 0.1) is 5.82 Å². The second-order valence-electron chi connectivity index (χ2n) is 5.18. The summed E-state index contributed by atoms with van der Waals surface area (Å²) in [5.41, 5.74) is 4.34. The van der Waals surface area contributed by atoms with E-state index in [1.54, 1.807) is 0 Å². The molecule has 2 aromatic carbocycles. The molecule has 20 heavy (non-hydrogen) atoms. The molecule has 102 valence electrons. The monoisotopic (exact) mass is 332 g/mol. The number of hydrogen-bond donors (Lipinski definition) is 0. The molecule has 0 atom stereocenters. The van der Waals surface area contributed by atoms with E-state index < -0.39 is 0 Å². The van der Waals surface area contributed by atoms with Gasteiger partial charge in [-0.05, 0) is 70.1 Å². The van der Waals surface area contributed by atoms with E-state index >= 15 is 0 Å². The van der Waals surface area contributed by atoms with Crippen LogP contribution in [0.5, 0.6) is 0 Å². The normalized spacial score (nSPS) is 13.3. The van der Waals surface area contributed by atoms with Crippen molar-refractivity contribution in [2.75, 3.05) is 0 Å². The molecule has 0 spiro atoms. The van der Waals surface area contributed by atoms with Gasteiger partial charge in [-0.25, -0.2) is 4.39 Å². The lowest BCUT2D eigenvalue weighted by Gasteiger charge is -2.06. The lowest BCUT2D eigenvalue weighted by molar-refractivity contribution is 0.0992. The molecule has 0 fully saturated rings.